The van der Waals surface area contributed by atoms with Crippen molar-refractivity contribution >= 4 is 12.4 Å². The van der Waals surface area contributed by atoms with Crippen molar-refractivity contribution in [3.8, 4) is 16.9 Å². The van der Waals surface area contributed by atoms with Gasteiger partial charge in [-0.15, -0.1) is 12.4 Å². The number of pyridine rings is 1. The zero-order valence-electron chi connectivity index (χ0n) is 10.9. The van der Waals surface area contributed by atoms with Gasteiger partial charge in [0.05, 0.1) is 0 Å². The lowest BCUT2D eigenvalue weighted by Crippen LogP contribution is -2.30. The maximum absolute atomic E-state index is 13.7. The Hall–Kier alpha value is -1.65. The van der Waals surface area contributed by atoms with Gasteiger partial charge in [0, 0.05) is 30.1 Å². The topological polar surface area (TPSA) is 48.1 Å². The molecule has 3 rings (SSSR count). The SMILES string of the molecule is Cl.NC[C@H]1CCc2cc(F)cc(-c3cccnc3)c2O1. The van der Waals surface area contributed by atoms with Crippen molar-refractivity contribution in [3.63, 3.8) is 0 Å². The van der Waals surface area contributed by atoms with Gasteiger partial charge in [0.1, 0.15) is 17.7 Å². The van der Waals surface area contributed by atoms with Crippen molar-refractivity contribution in [1.82, 2.24) is 4.98 Å². The molecule has 1 atom stereocenters. The predicted molar refractivity (Wildman–Crippen MR) is 78.7 cm³/mol. The molecule has 5 heteroatoms. The van der Waals surface area contributed by atoms with Crippen molar-refractivity contribution in [3.05, 3.63) is 48.0 Å². The van der Waals surface area contributed by atoms with E-state index in [0.717, 1.165) is 35.3 Å². The summed E-state index contributed by atoms with van der Waals surface area (Å²) in [5, 5.41) is 0. The molecule has 1 aromatic heterocycles. The van der Waals surface area contributed by atoms with Gasteiger partial charge in [-0.25, -0.2) is 4.39 Å². The van der Waals surface area contributed by atoms with Gasteiger partial charge in [-0.2, -0.15) is 0 Å². The Morgan fingerprint density at radius 1 is 1.40 bits per heavy atom. The van der Waals surface area contributed by atoms with E-state index in [2.05, 4.69) is 4.98 Å². The number of hydrogen-bond acceptors (Lipinski definition) is 3. The molecule has 20 heavy (non-hydrogen) atoms. The third kappa shape index (κ3) is 2.76. The average Bonchev–Trinajstić information content (AvgIpc) is 2.47. The Morgan fingerprint density at radius 2 is 2.25 bits per heavy atom. The molecule has 0 unspecified atom stereocenters. The standard InChI is InChI=1S/C15H15FN2O.ClH/c16-12-6-10-3-4-13(8-17)19-15(10)14(7-12)11-2-1-5-18-9-11;/h1-2,5-7,9,13H,3-4,8,17H2;1H/t13-;/m1./s1. The Balaban J connectivity index is 0.00000147. The van der Waals surface area contributed by atoms with Crippen LogP contribution in [0.3, 0.4) is 0 Å². The average molecular weight is 295 g/mol. The molecule has 106 valence electrons. The Labute approximate surface area is 123 Å². The molecule has 0 spiro atoms. The summed E-state index contributed by atoms with van der Waals surface area (Å²) in [5.74, 6) is 0.503. The highest BCUT2D eigenvalue weighted by Crippen LogP contribution is 2.38. The zero-order chi connectivity index (χ0) is 13.2. The molecule has 0 radical (unpaired) electrons. The summed E-state index contributed by atoms with van der Waals surface area (Å²) in [6.07, 6.45) is 5.04. The number of fused-ring (bicyclic) bond motifs is 1. The first-order chi connectivity index (χ1) is 9.28. The van der Waals surface area contributed by atoms with E-state index in [1.807, 2.05) is 12.1 Å². The van der Waals surface area contributed by atoms with Crippen molar-refractivity contribution in [2.75, 3.05) is 6.54 Å². The van der Waals surface area contributed by atoms with Gasteiger partial charge in [0.2, 0.25) is 0 Å². The van der Waals surface area contributed by atoms with Crippen molar-refractivity contribution in [1.29, 1.82) is 0 Å². The second kappa shape index (κ2) is 6.20. The van der Waals surface area contributed by atoms with Crippen LogP contribution in [0.4, 0.5) is 4.39 Å². The fourth-order valence-electron chi connectivity index (χ4n) is 2.42. The van der Waals surface area contributed by atoms with E-state index in [1.54, 1.807) is 18.5 Å². The van der Waals surface area contributed by atoms with Gasteiger partial charge in [0.25, 0.3) is 0 Å². The fourth-order valence-corrected chi connectivity index (χ4v) is 2.42. The van der Waals surface area contributed by atoms with Crippen LogP contribution >= 0.6 is 12.4 Å². The molecule has 2 N–H and O–H groups in total. The second-order valence-corrected chi connectivity index (χ2v) is 4.70. The first kappa shape index (κ1) is 14.8. The molecule has 0 fully saturated rings. The number of aryl methyl sites for hydroxylation is 1. The smallest absolute Gasteiger partial charge is 0.131 e. The van der Waals surface area contributed by atoms with Gasteiger partial charge < -0.3 is 10.5 Å². The third-order valence-corrected chi connectivity index (χ3v) is 3.39. The largest absolute Gasteiger partial charge is 0.488 e. The number of nitrogens with zero attached hydrogens (tertiary/aromatic N) is 1. The Kier molecular flexibility index (Phi) is 4.57. The van der Waals surface area contributed by atoms with E-state index in [1.165, 1.54) is 6.07 Å². The van der Waals surface area contributed by atoms with E-state index >= 15 is 0 Å². The first-order valence-electron chi connectivity index (χ1n) is 6.37. The highest BCUT2D eigenvalue weighted by molar-refractivity contribution is 5.85. The molecule has 2 aromatic rings. The van der Waals surface area contributed by atoms with Crippen LogP contribution in [0.1, 0.15) is 12.0 Å². The molecular weight excluding hydrogens is 279 g/mol. The molecule has 0 saturated heterocycles. The Bertz CT molecular complexity index is 592. The van der Waals surface area contributed by atoms with Crippen LogP contribution in [-0.2, 0) is 6.42 Å². The zero-order valence-corrected chi connectivity index (χ0v) is 11.7. The molecule has 0 amide bonds. The minimum atomic E-state index is -0.243. The van der Waals surface area contributed by atoms with E-state index in [4.69, 9.17) is 10.5 Å². The number of aromatic nitrogens is 1. The van der Waals surface area contributed by atoms with Crippen molar-refractivity contribution < 1.29 is 9.13 Å². The number of nitrogens with two attached hydrogens (primary N) is 1. The van der Waals surface area contributed by atoms with Crippen LogP contribution in [0.2, 0.25) is 0 Å². The van der Waals surface area contributed by atoms with E-state index in [0.29, 0.717) is 6.54 Å². The lowest BCUT2D eigenvalue weighted by molar-refractivity contribution is 0.182. The first-order valence-corrected chi connectivity index (χ1v) is 6.37. The van der Waals surface area contributed by atoms with Crippen molar-refractivity contribution in [2.45, 2.75) is 18.9 Å². The van der Waals surface area contributed by atoms with Crippen LogP contribution < -0.4 is 10.5 Å². The van der Waals surface area contributed by atoms with Gasteiger partial charge >= 0.3 is 0 Å². The van der Waals surface area contributed by atoms with E-state index < -0.39 is 0 Å². The molecule has 1 aliphatic rings. The summed E-state index contributed by atoms with van der Waals surface area (Å²) in [6.45, 7) is 0.475. The van der Waals surface area contributed by atoms with Crippen LogP contribution in [0.15, 0.2) is 36.7 Å². The number of halogens is 2. The lowest BCUT2D eigenvalue weighted by atomic mass is 9.96. The molecular formula is C15H16ClFN2O. The van der Waals surface area contributed by atoms with Gasteiger partial charge in [-0.05, 0) is 36.6 Å². The number of rotatable bonds is 2. The molecule has 2 heterocycles. The molecule has 3 nitrogen and oxygen atoms in total. The van der Waals surface area contributed by atoms with Crippen LogP contribution in [0.5, 0.6) is 5.75 Å². The predicted octanol–water partition coefficient (Wildman–Crippen LogP) is 2.96. The molecule has 1 aliphatic heterocycles. The number of hydrogen-bond donors (Lipinski definition) is 1. The summed E-state index contributed by atoms with van der Waals surface area (Å²) in [4.78, 5) is 4.08. The molecule has 0 aliphatic carbocycles. The molecule has 0 saturated carbocycles. The normalized spacial score (nSPS) is 16.8. The fraction of sp³-hybridized carbons (Fsp3) is 0.267. The third-order valence-electron chi connectivity index (χ3n) is 3.39. The monoisotopic (exact) mass is 294 g/mol. The maximum atomic E-state index is 13.7. The number of ether oxygens (including phenoxy) is 1. The summed E-state index contributed by atoms with van der Waals surface area (Å²) in [6, 6.07) is 6.77. The highest BCUT2D eigenvalue weighted by Gasteiger charge is 2.23. The highest BCUT2D eigenvalue weighted by atomic mass is 35.5. The summed E-state index contributed by atoms with van der Waals surface area (Å²) >= 11 is 0. The lowest BCUT2D eigenvalue weighted by Gasteiger charge is -2.27. The van der Waals surface area contributed by atoms with Crippen molar-refractivity contribution in [2.24, 2.45) is 5.73 Å². The van der Waals surface area contributed by atoms with Gasteiger partial charge in [0.15, 0.2) is 0 Å². The van der Waals surface area contributed by atoms with Crippen LogP contribution in [0, 0.1) is 5.82 Å². The van der Waals surface area contributed by atoms with E-state index in [9.17, 15) is 4.39 Å². The van der Waals surface area contributed by atoms with E-state index in [-0.39, 0.29) is 24.3 Å². The summed E-state index contributed by atoms with van der Waals surface area (Å²) in [5.41, 5.74) is 8.18. The molecule has 1 aromatic carbocycles. The summed E-state index contributed by atoms with van der Waals surface area (Å²) in [7, 11) is 0. The van der Waals surface area contributed by atoms with Gasteiger partial charge in [-0.1, -0.05) is 6.07 Å². The van der Waals surface area contributed by atoms with Crippen LogP contribution in [-0.4, -0.2) is 17.6 Å². The second-order valence-electron chi connectivity index (χ2n) is 4.70. The minimum Gasteiger partial charge on any atom is -0.488 e. The van der Waals surface area contributed by atoms with Gasteiger partial charge in [-0.3, -0.25) is 4.98 Å². The minimum absolute atomic E-state index is 0. The summed E-state index contributed by atoms with van der Waals surface area (Å²) < 4.78 is 19.6. The Morgan fingerprint density at radius 3 is 2.95 bits per heavy atom. The van der Waals surface area contributed by atoms with Crippen LogP contribution in [0.25, 0.3) is 11.1 Å². The number of benzene rings is 1. The molecule has 0 bridgehead atoms. The quantitative estimate of drug-likeness (QED) is 0.926. The maximum Gasteiger partial charge on any atom is 0.131 e.